The van der Waals surface area contributed by atoms with Gasteiger partial charge in [0, 0.05) is 13.1 Å². The Morgan fingerprint density at radius 2 is 2.11 bits per heavy atom. The first-order chi connectivity index (χ1) is 8.58. The van der Waals surface area contributed by atoms with Crippen LogP contribution < -0.4 is 10.5 Å². The van der Waals surface area contributed by atoms with Crippen molar-refractivity contribution in [2.75, 3.05) is 6.61 Å². The molecule has 2 aromatic rings. The molecule has 6 nitrogen and oxygen atoms in total. The average Bonchev–Trinajstić information content (AvgIpc) is 2.65. The molecule has 0 aliphatic carbocycles. The van der Waals surface area contributed by atoms with Gasteiger partial charge in [-0.25, -0.2) is 9.59 Å². The molecule has 0 radical (unpaired) electrons. The van der Waals surface area contributed by atoms with Crippen molar-refractivity contribution in [1.29, 1.82) is 0 Å². The Morgan fingerprint density at radius 3 is 2.72 bits per heavy atom. The van der Waals surface area contributed by atoms with Gasteiger partial charge >= 0.3 is 11.7 Å². The summed E-state index contributed by atoms with van der Waals surface area (Å²) in [6.07, 6.45) is 0. The van der Waals surface area contributed by atoms with Crippen molar-refractivity contribution >= 4 is 17.1 Å². The van der Waals surface area contributed by atoms with Crippen LogP contribution in [0.25, 0.3) is 11.1 Å². The quantitative estimate of drug-likeness (QED) is 0.898. The maximum absolute atomic E-state index is 11.2. The molecule has 1 heterocycles. The van der Waals surface area contributed by atoms with E-state index in [1.807, 2.05) is 13.8 Å². The highest BCUT2D eigenvalue weighted by Gasteiger charge is 2.07. The number of hydrogen-bond donors (Lipinski definition) is 1. The fourth-order valence-electron chi connectivity index (χ4n) is 1.35. The van der Waals surface area contributed by atoms with Crippen LogP contribution in [0.5, 0.6) is 5.75 Å². The summed E-state index contributed by atoms with van der Waals surface area (Å²) in [5.41, 5.74) is 1.00. The van der Waals surface area contributed by atoms with Crippen LogP contribution in [0.4, 0.5) is 0 Å². The van der Waals surface area contributed by atoms with E-state index in [0.29, 0.717) is 16.8 Å². The molecular weight excluding hydrogens is 238 g/mol. The molecule has 2 rings (SSSR count). The Bertz CT molecular complexity index is 596. The normalized spacial score (nSPS) is 9.72. The number of carboxylic acid groups (broad SMARTS) is 1. The van der Waals surface area contributed by atoms with Crippen LogP contribution in [0.15, 0.2) is 27.4 Å². The first-order valence-corrected chi connectivity index (χ1v) is 5.52. The summed E-state index contributed by atoms with van der Waals surface area (Å²) in [6.45, 7) is 3.57. The molecule has 0 spiro atoms. The topological polar surface area (TPSA) is 81.7 Å². The zero-order valence-electron chi connectivity index (χ0n) is 10.5. The number of aliphatic carboxylic acids is 1. The highest BCUT2D eigenvalue weighted by atomic mass is 16.5. The molecule has 0 saturated heterocycles. The molecule has 0 amide bonds. The number of nitrogens with zero attached hydrogens (tertiary/aromatic N) is 1. The maximum Gasteiger partial charge on any atom is 0.419 e. The number of fused-ring (bicyclic) bond motifs is 1. The lowest BCUT2D eigenvalue weighted by atomic mass is 10.3. The van der Waals surface area contributed by atoms with Crippen LogP contribution in [0.3, 0.4) is 0 Å². The van der Waals surface area contributed by atoms with Crippen LogP contribution in [0.2, 0.25) is 0 Å². The number of hydrogen-bond acceptors (Lipinski definition) is 4. The second-order valence-electron chi connectivity index (χ2n) is 3.24. The molecule has 0 atom stereocenters. The van der Waals surface area contributed by atoms with Crippen molar-refractivity contribution in [3.63, 3.8) is 0 Å². The largest absolute Gasteiger partial charge is 0.482 e. The smallest absolute Gasteiger partial charge is 0.419 e. The number of aromatic nitrogens is 1. The van der Waals surface area contributed by atoms with Gasteiger partial charge in [-0.3, -0.25) is 4.57 Å². The van der Waals surface area contributed by atoms with E-state index in [2.05, 4.69) is 0 Å². The van der Waals surface area contributed by atoms with Crippen molar-refractivity contribution < 1.29 is 19.1 Å². The Balaban J connectivity index is 0.000000771. The molecule has 1 aromatic heterocycles. The number of oxazole rings is 1. The lowest BCUT2D eigenvalue weighted by Gasteiger charge is -2.01. The molecule has 6 heteroatoms. The first kappa shape index (κ1) is 13.8. The lowest BCUT2D eigenvalue weighted by molar-refractivity contribution is -0.139. The molecule has 98 valence electrons. The van der Waals surface area contributed by atoms with Crippen molar-refractivity contribution in [2.45, 2.75) is 13.8 Å². The second-order valence-corrected chi connectivity index (χ2v) is 3.24. The van der Waals surface area contributed by atoms with Gasteiger partial charge in [0.15, 0.2) is 12.2 Å². The standard InChI is InChI=1S/C10H9NO5.C2H6/c1-11-7-3-2-6(15-5-9(12)13)4-8(7)16-10(11)14;1-2/h2-4H,5H2,1H3,(H,12,13);1-2H3. The monoisotopic (exact) mass is 253 g/mol. The van der Waals surface area contributed by atoms with Crippen LogP contribution >= 0.6 is 0 Å². The molecule has 0 bridgehead atoms. The van der Waals surface area contributed by atoms with Crippen molar-refractivity contribution in [1.82, 2.24) is 4.57 Å². The molecule has 0 unspecified atom stereocenters. The van der Waals surface area contributed by atoms with E-state index in [4.69, 9.17) is 14.3 Å². The average molecular weight is 253 g/mol. The van der Waals surface area contributed by atoms with Gasteiger partial charge in [0.25, 0.3) is 0 Å². The summed E-state index contributed by atoms with van der Waals surface area (Å²) >= 11 is 0. The summed E-state index contributed by atoms with van der Waals surface area (Å²) in [6, 6.07) is 4.71. The second kappa shape index (κ2) is 5.90. The minimum atomic E-state index is -1.06. The van der Waals surface area contributed by atoms with Gasteiger partial charge in [-0.15, -0.1) is 0 Å². The number of carboxylic acids is 1. The van der Waals surface area contributed by atoms with Gasteiger partial charge in [0.1, 0.15) is 5.75 Å². The molecule has 18 heavy (non-hydrogen) atoms. The summed E-state index contributed by atoms with van der Waals surface area (Å²) in [7, 11) is 1.59. The zero-order valence-corrected chi connectivity index (χ0v) is 10.5. The Labute approximate surface area is 103 Å². The van der Waals surface area contributed by atoms with Crippen molar-refractivity contribution in [3.05, 3.63) is 28.7 Å². The summed E-state index contributed by atoms with van der Waals surface area (Å²) in [5, 5.41) is 8.43. The van der Waals surface area contributed by atoms with Crippen LogP contribution in [-0.4, -0.2) is 22.2 Å². The van der Waals surface area contributed by atoms with Gasteiger partial charge in [0.05, 0.1) is 5.52 Å². The minimum absolute atomic E-state index is 0.351. The predicted octanol–water partition coefficient (Wildman–Crippen LogP) is 1.62. The van der Waals surface area contributed by atoms with E-state index in [9.17, 15) is 9.59 Å². The van der Waals surface area contributed by atoms with E-state index < -0.39 is 18.3 Å². The summed E-state index contributed by atoms with van der Waals surface area (Å²) in [5.74, 6) is -1.18. The first-order valence-electron chi connectivity index (χ1n) is 5.52. The third-order valence-corrected chi connectivity index (χ3v) is 2.13. The summed E-state index contributed by atoms with van der Waals surface area (Å²) in [4.78, 5) is 21.5. The van der Waals surface area contributed by atoms with Crippen LogP contribution in [0.1, 0.15) is 13.8 Å². The highest BCUT2D eigenvalue weighted by Crippen LogP contribution is 2.19. The van der Waals surface area contributed by atoms with Crippen LogP contribution in [-0.2, 0) is 11.8 Å². The number of rotatable bonds is 3. The molecule has 1 N–H and O–H groups in total. The molecule has 1 aromatic carbocycles. The van der Waals surface area contributed by atoms with E-state index in [1.165, 1.54) is 10.6 Å². The van der Waals surface area contributed by atoms with E-state index in [1.54, 1.807) is 19.2 Å². The Hall–Kier alpha value is -2.24. The van der Waals surface area contributed by atoms with Crippen molar-refractivity contribution in [2.24, 2.45) is 7.05 Å². The van der Waals surface area contributed by atoms with Crippen molar-refractivity contribution in [3.8, 4) is 5.75 Å². The number of carbonyl (C=O) groups is 1. The molecule has 0 aliphatic heterocycles. The van der Waals surface area contributed by atoms with Gasteiger partial charge in [-0.1, -0.05) is 13.8 Å². The van der Waals surface area contributed by atoms with Gasteiger partial charge in [0.2, 0.25) is 0 Å². The SMILES string of the molecule is CC.Cn1c(=O)oc2cc(OCC(=O)O)ccc21. The lowest BCUT2D eigenvalue weighted by Crippen LogP contribution is -2.09. The fraction of sp³-hybridized carbons (Fsp3) is 0.333. The number of benzene rings is 1. The van der Waals surface area contributed by atoms with Gasteiger partial charge < -0.3 is 14.3 Å². The van der Waals surface area contributed by atoms with E-state index in [0.717, 1.165) is 0 Å². The Morgan fingerprint density at radius 1 is 1.44 bits per heavy atom. The van der Waals surface area contributed by atoms with Crippen LogP contribution in [0, 0.1) is 0 Å². The highest BCUT2D eigenvalue weighted by molar-refractivity contribution is 5.75. The van der Waals surface area contributed by atoms with E-state index >= 15 is 0 Å². The number of ether oxygens (including phenoxy) is 1. The third kappa shape index (κ3) is 2.91. The third-order valence-electron chi connectivity index (χ3n) is 2.13. The van der Waals surface area contributed by atoms with Gasteiger partial charge in [-0.05, 0) is 12.1 Å². The predicted molar refractivity (Wildman–Crippen MR) is 65.9 cm³/mol. The fourth-order valence-corrected chi connectivity index (χ4v) is 1.35. The minimum Gasteiger partial charge on any atom is -0.482 e. The molecule has 0 fully saturated rings. The molecular formula is C12H15NO5. The van der Waals surface area contributed by atoms with Gasteiger partial charge in [-0.2, -0.15) is 0 Å². The maximum atomic E-state index is 11.2. The molecule has 0 aliphatic rings. The molecule has 0 saturated carbocycles. The Kier molecular flexibility index (Phi) is 4.53. The van der Waals surface area contributed by atoms with E-state index in [-0.39, 0.29) is 0 Å². The zero-order chi connectivity index (χ0) is 13.7. The number of aryl methyl sites for hydroxylation is 1. The summed E-state index contributed by atoms with van der Waals surface area (Å²) < 4.78 is 11.2.